The molecule has 1 heterocycles. The number of benzene rings is 1. The molecule has 0 aliphatic carbocycles. The van der Waals surface area contributed by atoms with Crippen molar-refractivity contribution in [3.05, 3.63) is 52.1 Å². The van der Waals surface area contributed by atoms with Gasteiger partial charge in [0.1, 0.15) is 5.82 Å². The molecule has 108 valence electrons. The highest BCUT2D eigenvalue weighted by atomic mass is 79.9. The van der Waals surface area contributed by atoms with E-state index in [-0.39, 0.29) is 17.3 Å². The largest absolute Gasteiger partial charge is 0.465 e. The summed E-state index contributed by atoms with van der Waals surface area (Å²) >= 11 is 3.23. The number of ether oxygens (including phenoxy) is 1. The van der Waals surface area contributed by atoms with Gasteiger partial charge in [0, 0.05) is 16.4 Å². The van der Waals surface area contributed by atoms with Crippen LogP contribution >= 0.6 is 15.9 Å². The van der Waals surface area contributed by atoms with Crippen LogP contribution in [-0.4, -0.2) is 24.0 Å². The number of nitrogens with one attached hydrogen (secondary N) is 1. The van der Waals surface area contributed by atoms with Gasteiger partial charge in [-0.25, -0.2) is 9.78 Å². The van der Waals surface area contributed by atoms with Crippen molar-refractivity contribution < 1.29 is 14.3 Å². The highest BCUT2D eigenvalue weighted by Gasteiger charge is 2.12. The van der Waals surface area contributed by atoms with Crippen molar-refractivity contribution in [1.82, 2.24) is 4.98 Å². The molecule has 7 heteroatoms. The van der Waals surface area contributed by atoms with E-state index < -0.39 is 5.97 Å². The van der Waals surface area contributed by atoms with Crippen molar-refractivity contribution in [2.45, 2.75) is 0 Å². The number of nitrogens with two attached hydrogens (primary N) is 1. The maximum atomic E-state index is 12.1. The number of nitrogens with zero attached hydrogens (tertiary/aromatic N) is 1. The molecule has 2 rings (SSSR count). The molecule has 0 bridgehead atoms. The molecule has 1 amide bonds. The van der Waals surface area contributed by atoms with Gasteiger partial charge in [-0.05, 0) is 46.3 Å². The smallest absolute Gasteiger partial charge is 0.337 e. The van der Waals surface area contributed by atoms with E-state index in [2.05, 4.69) is 31.0 Å². The number of methoxy groups -OCH3 is 1. The number of amides is 1. The van der Waals surface area contributed by atoms with E-state index in [0.717, 1.165) is 0 Å². The van der Waals surface area contributed by atoms with Gasteiger partial charge in [0.2, 0.25) is 0 Å². The molecule has 0 fully saturated rings. The molecule has 2 aromatic rings. The van der Waals surface area contributed by atoms with Gasteiger partial charge in [-0.3, -0.25) is 4.79 Å². The topological polar surface area (TPSA) is 94.3 Å². The van der Waals surface area contributed by atoms with Gasteiger partial charge < -0.3 is 15.8 Å². The number of halogens is 1. The molecule has 0 saturated heterocycles. The number of nitrogen functional groups attached to an aromatic ring is 1. The second-order valence-electron chi connectivity index (χ2n) is 4.11. The summed E-state index contributed by atoms with van der Waals surface area (Å²) in [6, 6.07) is 7.91. The Kier molecular flexibility index (Phi) is 4.54. The molecular formula is C14H12BrN3O3. The third kappa shape index (κ3) is 3.57. The fourth-order valence-corrected chi connectivity index (χ4v) is 1.97. The highest BCUT2D eigenvalue weighted by Crippen LogP contribution is 2.18. The average Bonchev–Trinajstić information content (AvgIpc) is 2.49. The zero-order valence-corrected chi connectivity index (χ0v) is 12.7. The van der Waals surface area contributed by atoms with E-state index >= 15 is 0 Å². The molecule has 1 aromatic carbocycles. The molecule has 1 aromatic heterocycles. The lowest BCUT2D eigenvalue weighted by Crippen LogP contribution is -2.15. The SMILES string of the molecule is COC(=O)c1ccc(NC(=O)c2cc(Br)cnc2N)cc1. The number of aromatic nitrogens is 1. The first kappa shape index (κ1) is 15.0. The fraction of sp³-hybridized carbons (Fsp3) is 0.0714. The molecule has 6 nitrogen and oxygen atoms in total. The van der Waals surface area contributed by atoms with E-state index in [1.807, 2.05) is 0 Å². The first-order chi connectivity index (χ1) is 10.0. The van der Waals surface area contributed by atoms with Crippen LogP contribution in [0.15, 0.2) is 41.0 Å². The van der Waals surface area contributed by atoms with Crippen molar-refractivity contribution in [2.24, 2.45) is 0 Å². The minimum Gasteiger partial charge on any atom is -0.465 e. The molecule has 0 aliphatic heterocycles. The number of esters is 1. The Bertz CT molecular complexity index is 686. The van der Waals surface area contributed by atoms with E-state index in [4.69, 9.17) is 5.73 Å². The molecule has 3 N–H and O–H groups in total. The zero-order chi connectivity index (χ0) is 15.4. The number of rotatable bonds is 3. The Balaban J connectivity index is 2.16. The minimum absolute atomic E-state index is 0.141. The third-order valence-electron chi connectivity index (χ3n) is 2.69. The first-order valence-electron chi connectivity index (χ1n) is 5.92. The van der Waals surface area contributed by atoms with Crippen LogP contribution in [-0.2, 0) is 4.74 Å². The second kappa shape index (κ2) is 6.36. The number of pyridine rings is 1. The first-order valence-corrected chi connectivity index (χ1v) is 6.71. The van der Waals surface area contributed by atoms with E-state index in [1.54, 1.807) is 30.3 Å². The monoisotopic (exact) mass is 349 g/mol. The summed E-state index contributed by atoms with van der Waals surface area (Å²) in [7, 11) is 1.31. The molecule has 0 aliphatic rings. The average molecular weight is 350 g/mol. The number of hydrogen-bond acceptors (Lipinski definition) is 5. The third-order valence-corrected chi connectivity index (χ3v) is 3.13. The summed E-state index contributed by atoms with van der Waals surface area (Å²) < 4.78 is 5.25. The number of hydrogen-bond donors (Lipinski definition) is 2. The van der Waals surface area contributed by atoms with Gasteiger partial charge in [-0.2, -0.15) is 0 Å². The van der Waals surface area contributed by atoms with Gasteiger partial charge >= 0.3 is 5.97 Å². The molecular weight excluding hydrogens is 338 g/mol. The minimum atomic E-state index is -0.437. The Morgan fingerprint density at radius 2 is 1.95 bits per heavy atom. The van der Waals surface area contributed by atoms with Crippen molar-refractivity contribution >= 4 is 39.3 Å². The predicted octanol–water partition coefficient (Wildman–Crippen LogP) is 2.47. The van der Waals surface area contributed by atoms with Crippen LogP contribution in [0.2, 0.25) is 0 Å². The van der Waals surface area contributed by atoms with E-state index in [1.165, 1.54) is 13.3 Å². The zero-order valence-electron chi connectivity index (χ0n) is 11.1. The van der Waals surface area contributed by atoms with Crippen molar-refractivity contribution in [3.8, 4) is 0 Å². The summed E-state index contributed by atoms with van der Waals surface area (Å²) in [5.41, 5.74) is 6.87. The lowest BCUT2D eigenvalue weighted by molar-refractivity contribution is 0.0600. The van der Waals surface area contributed by atoms with Gasteiger partial charge in [0.15, 0.2) is 0 Å². The van der Waals surface area contributed by atoms with E-state index in [9.17, 15) is 9.59 Å². The standard InChI is InChI=1S/C14H12BrN3O3/c1-21-14(20)8-2-4-10(5-3-8)18-13(19)11-6-9(15)7-17-12(11)16/h2-7H,1H3,(H2,16,17)(H,18,19). The van der Waals surface area contributed by atoms with Crippen LogP contribution in [0.4, 0.5) is 11.5 Å². The van der Waals surface area contributed by atoms with Crippen LogP contribution in [0.5, 0.6) is 0 Å². The lowest BCUT2D eigenvalue weighted by atomic mass is 10.2. The van der Waals surface area contributed by atoms with Crippen LogP contribution in [0, 0.1) is 0 Å². The van der Waals surface area contributed by atoms with Crippen LogP contribution < -0.4 is 11.1 Å². The van der Waals surface area contributed by atoms with E-state index in [0.29, 0.717) is 15.7 Å². The van der Waals surface area contributed by atoms with Crippen LogP contribution in [0.3, 0.4) is 0 Å². The fourth-order valence-electron chi connectivity index (χ4n) is 1.64. The number of carbonyl (C=O) groups is 2. The Hall–Kier alpha value is -2.41. The lowest BCUT2D eigenvalue weighted by Gasteiger charge is -2.08. The highest BCUT2D eigenvalue weighted by molar-refractivity contribution is 9.10. The van der Waals surface area contributed by atoms with Gasteiger partial charge in [0.05, 0.1) is 18.2 Å². The second-order valence-corrected chi connectivity index (χ2v) is 5.03. The predicted molar refractivity (Wildman–Crippen MR) is 82.1 cm³/mol. The molecule has 0 unspecified atom stereocenters. The van der Waals surface area contributed by atoms with Gasteiger partial charge in [0.25, 0.3) is 5.91 Å². The maximum Gasteiger partial charge on any atom is 0.337 e. The number of carbonyl (C=O) groups excluding carboxylic acids is 2. The maximum absolute atomic E-state index is 12.1. The molecule has 21 heavy (non-hydrogen) atoms. The van der Waals surface area contributed by atoms with Crippen molar-refractivity contribution in [3.63, 3.8) is 0 Å². The summed E-state index contributed by atoms with van der Waals surface area (Å²) in [6.45, 7) is 0. The van der Waals surface area contributed by atoms with Crippen molar-refractivity contribution in [1.29, 1.82) is 0 Å². The Morgan fingerprint density at radius 1 is 1.29 bits per heavy atom. The Labute approximate surface area is 129 Å². The summed E-state index contributed by atoms with van der Waals surface area (Å²) in [4.78, 5) is 27.3. The Morgan fingerprint density at radius 3 is 2.57 bits per heavy atom. The number of anilines is 2. The van der Waals surface area contributed by atoms with Crippen LogP contribution in [0.25, 0.3) is 0 Å². The van der Waals surface area contributed by atoms with Gasteiger partial charge in [-0.1, -0.05) is 0 Å². The summed E-state index contributed by atoms with van der Waals surface area (Å²) in [5.74, 6) is -0.678. The summed E-state index contributed by atoms with van der Waals surface area (Å²) in [6.07, 6.45) is 1.51. The normalized spacial score (nSPS) is 10.0. The quantitative estimate of drug-likeness (QED) is 0.830. The molecule has 0 saturated carbocycles. The summed E-state index contributed by atoms with van der Waals surface area (Å²) in [5, 5.41) is 2.68. The molecule has 0 atom stereocenters. The van der Waals surface area contributed by atoms with Crippen molar-refractivity contribution in [2.75, 3.05) is 18.2 Å². The molecule has 0 radical (unpaired) electrons. The van der Waals surface area contributed by atoms with Gasteiger partial charge in [-0.15, -0.1) is 0 Å². The van der Waals surface area contributed by atoms with Crippen LogP contribution in [0.1, 0.15) is 20.7 Å². The molecule has 0 spiro atoms.